The van der Waals surface area contributed by atoms with E-state index in [1.807, 2.05) is 19.1 Å². The first-order valence-corrected chi connectivity index (χ1v) is 14.8. The van der Waals surface area contributed by atoms with E-state index in [9.17, 15) is 19.5 Å². The zero-order valence-electron chi connectivity index (χ0n) is 24.4. The van der Waals surface area contributed by atoms with Crippen molar-refractivity contribution in [3.05, 3.63) is 49.6 Å². The molecule has 224 valence electrons. The first-order valence-electron chi connectivity index (χ1n) is 14.8. The Balaban J connectivity index is 1.72. The Morgan fingerprint density at radius 1 is 1.15 bits per heavy atom. The van der Waals surface area contributed by atoms with Crippen molar-refractivity contribution in [2.24, 2.45) is 11.8 Å². The molecule has 1 spiro atoms. The minimum atomic E-state index is -1.13. The maximum absolute atomic E-state index is 14.6. The second kappa shape index (κ2) is 13.2. The van der Waals surface area contributed by atoms with Gasteiger partial charge in [0.1, 0.15) is 23.3 Å². The van der Waals surface area contributed by atoms with E-state index in [4.69, 9.17) is 14.2 Å². The molecular formula is C32H44N2O7. The number of unbranched alkanes of at least 4 members (excludes halogenated alkanes) is 3. The number of hydrogen-bond acceptors (Lipinski definition) is 7. The summed E-state index contributed by atoms with van der Waals surface area (Å²) in [5, 5.41) is 9.28. The molecule has 1 aromatic carbocycles. The van der Waals surface area contributed by atoms with Crippen molar-refractivity contribution in [2.75, 3.05) is 38.3 Å². The third-order valence-electron chi connectivity index (χ3n) is 8.98. The minimum absolute atomic E-state index is 0.0648. The van der Waals surface area contributed by atoms with Gasteiger partial charge in [0.25, 0.3) is 5.91 Å². The fraction of sp³-hybridized carbons (Fsp3) is 0.594. The van der Waals surface area contributed by atoms with Crippen LogP contribution < -0.4 is 9.64 Å². The van der Waals surface area contributed by atoms with Crippen molar-refractivity contribution >= 4 is 23.5 Å². The summed E-state index contributed by atoms with van der Waals surface area (Å²) in [6.07, 6.45) is 8.38. The summed E-state index contributed by atoms with van der Waals surface area (Å²) < 4.78 is 17.8. The van der Waals surface area contributed by atoms with Crippen molar-refractivity contribution in [2.45, 2.75) is 75.5 Å². The zero-order valence-corrected chi connectivity index (χ0v) is 24.4. The number of rotatable bonds is 16. The third kappa shape index (κ3) is 5.54. The Morgan fingerprint density at radius 2 is 1.90 bits per heavy atom. The summed E-state index contributed by atoms with van der Waals surface area (Å²) >= 11 is 0. The van der Waals surface area contributed by atoms with E-state index in [2.05, 4.69) is 13.2 Å². The van der Waals surface area contributed by atoms with Gasteiger partial charge in [0.15, 0.2) is 0 Å². The molecule has 5 atom stereocenters. The van der Waals surface area contributed by atoms with Crippen LogP contribution in [0.5, 0.6) is 5.75 Å². The van der Waals surface area contributed by atoms with Gasteiger partial charge in [-0.05, 0) is 75.6 Å². The largest absolute Gasteiger partial charge is 0.497 e. The van der Waals surface area contributed by atoms with Gasteiger partial charge in [-0.2, -0.15) is 0 Å². The number of benzene rings is 1. The summed E-state index contributed by atoms with van der Waals surface area (Å²) in [7, 11) is 1.58. The summed E-state index contributed by atoms with van der Waals surface area (Å²) in [5.41, 5.74) is -1.32. The smallest absolute Gasteiger partial charge is 0.312 e. The van der Waals surface area contributed by atoms with Crippen LogP contribution in [0.4, 0.5) is 5.69 Å². The molecule has 0 radical (unpaired) electrons. The first-order chi connectivity index (χ1) is 19.8. The molecule has 3 aliphatic rings. The van der Waals surface area contributed by atoms with Crippen LogP contribution in [-0.2, 0) is 23.9 Å². The molecule has 0 aromatic heterocycles. The SMILES string of the molecule is C=CCCCOC(=O)[C@H]1[C@H]2C(=O)N(CCCCCO)C(C(=O)N(CC=C)c3ccc(OC)cc3)C23CC[C@]1(CC)O3. The fourth-order valence-electron chi connectivity index (χ4n) is 7.02. The van der Waals surface area contributed by atoms with Crippen LogP contribution in [0, 0.1) is 11.8 Å². The minimum Gasteiger partial charge on any atom is -0.497 e. The number of aliphatic hydroxyl groups is 1. The lowest BCUT2D eigenvalue weighted by Crippen LogP contribution is -2.56. The highest BCUT2D eigenvalue weighted by Crippen LogP contribution is 2.64. The number of nitrogens with zero attached hydrogens (tertiary/aromatic N) is 2. The van der Waals surface area contributed by atoms with E-state index in [-0.39, 0.29) is 31.6 Å². The molecule has 2 bridgehead atoms. The number of hydrogen-bond donors (Lipinski definition) is 1. The van der Waals surface area contributed by atoms with Gasteiger partial charge < -0.3 is 29.1 Å². The van der Waals surface area contributed by atoms with E-state index in [0.29, 0.717) is 62.9 Å². The van der Waals surface area contributed by atoms with Gasteiger partial charge in [-0.25, -0.2) is 0 Å². The maximum Gasteiger partial charge on any atom is 0.312 e. The van der Waals surface area contributed by atoms with Gasteiger partial charge in [0.2, 0.25) is 5.91 Å². The average Bonchev–Trinajstić information content (AvgIpc) is 3.59. The molecule has 1 N–H and O–H groups in total. The van der Waals surface area contributed by atoms with Gasteiger partial charge in [0, 0.05) is 25.4 Å². The van der Waals surface area contributed by atoms with Crippen LogP contribution in [0.25, 0.3) is 0 Å². The maximum atomic E-state index is 14.6. The van der Waals surface area contributed by atoms with Crippen LogP contribution in [-0.4, -0.2) is 78.4 Å². The highest BCUT2D eigenvalue weighted by atomic mass is 16.6. The molecule has 2 amide bonds. The van der Waals surface area contributed by atoms with Crippen LogP contribution in [0.15, 0.2) is 49.6 Å². The number of methoxy groups -OCH3 is 1. The van der Waals surface area contributed by atoms with Gasteiger partial charge in [-0.3, -0.25) is 14.4 Å². The number of likely N-dealkylation sites (tertiary alicyclic amines) is 1. The molecule has 9 heteroatoms. The molecule has 0 saturated carbocycles. The number of carbonyl (C=O) groups excluding carboxylic acids is 3. The van der Waals surface area contributed by atoms with Crippen LogP contribution in [0.1, 0.15) is 58.3 Å². The highest BCUT2D eigenvalue weighted by Gasteiger charge is 2.79. The second-order valence-electron chi connectivity index (χ2n) is 11.2. The molecule has 3 saturated heterocycles. The lowest BCUT2D eigenvalue weighted by molar-refractivity contribution is -0.161. The lowest BCUT2D eigenvalue weighted by Gasteiger charge is -2.37. The summed E-state index contributed by atoms with van der Waals surface area (Å²) in [6, 6.07) is 6.29. The van der Waals surface area contributed by atoms with Gasteiger partial charge >= 0.3 is 5.97 Å². The number of esters is 1. The first kappa shape index (κ1) is 30.8. The predicted octanol–water partition coefficient (Wildman–Crippen LogP) is 4.04. The Labute approximate surface area is 243 Å². The van der Waals surface area contributed by atoms with E-state index in [1.165, 1.54) is 0 Å². The summed E-state index contributed by atoms with van der Waals surface area (Å²) in [5.74, 6) is -1.83. The van der Waals surface area contributed by atoms with E-state index < -0.39 is 35.0 Å². The van der Waals surface area contributed by atoms with Crippen LogP contribution in [0.3, 0.4) is 0 Å². The van der Waals surface area contributed by atoms with Gasteiger partial charge in [-0.15, -0.1) is 13.2 Å². The van der Waals surface area contributed by atoms with Crippen molar-refractivity contribution < 1.29 is 33.7 Å². The molecule has 2 unspecified atom stereocenters. The van der Waals surface area contributed by atoms with Gasteiger partial charge in [0.05, 0.1) is 25.2 Å². The molecule has 4 rings (SSSR count). The number of fused-ring (bicyclic) bond motifs is 1. The topological polar surface area (TPSA) is 106 Å². The lowest BCUT2D eigenvalue weighted by atomic mass is 9.65. The van der Waals surface area contributed by atoms with Crippen molar-refractivity contribution in [1.29, 1.82) is 0 Å². The molecule has 1 aromatic rings. The Morgan fingerprint density at radius 3 is 2.54 bits per heavy atom. The monoisotopic (exact) mass is 568 g/mol. The second-order valence-corrected chi connectivity index (χ2v) is 11.2. The normalized spacial score (nSPS) is 27.9. The zero-order chi connectivity index (χ0) is 29.6. The number of carbonyl (C=O) groups is 3. The highest BCUT2D eigenvalue weighted by molar-refractivity contribution is 6.04. The average molecular weight is 569 g/mol. The standard InChI is InChI=1S/C32H44N2O7/c1-5-8-12-22-40-30(38)26-25-28(36)34(20-10-9-11-21-35)27(32(25)18-17-31(26,7-3)41-32)29(37)33(19-6-2)23-13-15-24(39-4)16-14-23/h5-6,13-16,25-27,35H,1-2,7-12,17-22H2,3-4H3/t25-,26+,27?,31-,32?/m0/s1. The number of allylic oxidation sites excluding steroid dienone is 1. The van der Waals surface area contributed by atoms with Crippen molar-refractivity contribution in [3.8, 4) is 5.75 Å². The number of aliphatic hydroxyl groups excluding tert-OH is 1. The summed E-state index contributed by atoms with van der Waals surface area (Å²) in [6.45, 7) is 10.4. The van der Waals surface area contributed by atoms with E-state index >= 15 is 0 Å². The Bertz CT molecular complexity index is 1120. The Hall–Kier alpha value is -3.17. The number of amides is 2. The molecular weight excluding hydrogens is 524 g/mol. The van der Waals surface area contributed by atoms with E-state index in [1.54, 1.807) is 41.2 Å². The van der Waals surface area contributed by atoms with Crippen LogP contribution >= 0.6 is 0 Å². The van der Waals surface area contributed by atoms with Crippen molar-refractivity contribution in [3.63, 3.8) is 0 Å². The van der Waals surface area contributed by atoms with Crippen LogP contribution in [0.2, 0.25) is 0 Å². The molecule has 3 aliphatic heterocycles. The molecule has 0 aliphatic carbocycles. The molecule has 41 heavy (non-hydrogen) atoms. The molecule has 3 fully saturated rings. The number of anilines is 1. The van der Waals surface area contributed by atoms with E-state index in [0.717, 1.165) is 6.42 Å². The summed E-state index contributed by atoms with van der Waals surface area (Å²) in [4.78, 5) is 45.7. The fourth-order valence-corrected chi connectivity index (χ4v) is 7.02. The molecule has 9 nitrogen and oxygen atoms in total. The van der Waals surface area contributed by atoms with Crippen molar-refractivity contribution in [1.82, 2.24) is 4.90 Å². The third-order valence-corrected chi connectivity index (χ3v) is 8.98. The van der Waals surface area contributed by atoms with Gasteiger partial charge in [-0.1, -0.05) is 19.1 Å². The molecule has 3 heterocycles. The quantitative estimate of drug-likeness (QED) is 0.182. The predicted molar refractivity (Wildman–Crippen MR) is 155 cm³/mol. The Kier molecular flexibility index (Phi) is 9.92. The number of ether oxygens (including phenoxy) is 3.